The molecule has 23 heavy (non-hydrogen) atoms. The Morgan fingerprint density at radius 3 is 2.17 bits per heavy atom. The standard InChI is InChI=1S/C21H22O2/c1-2-15-11-13-16(14-12-15)21(22)17-7-3-5-9-19(17)23-20-10-6-4-8-18(20)21/h3-10,13,15,22H,2,11-12,14H2,1H3. The lowest BCUT2D eigenvalue weighted by Gasteiger charge is -2.39. The van der Waals surface area contributed by atoms with Gasteiger partial charge in [0.1, 0.15) is 17.1 Å². The lowest BCUT2D eigenvalue weighted by molar-refractivity contribution is 0.100. The summed E-state index contributed by atoms with van der Waals surface area (Å²) in [6, 6.07) is 15.7. The van der Waals surface area contributed by atoms with Crippen LogP contribution in [0.2, 0.25) is 0 Å². The van der Waals surface area contributed by atoms with Crippen LogP contribution < -0.4 is 4.74 Å². The van der Waals surface area contributed by atoms with Crippen LogP contribution in [0, 0.1) is 5.92 Å². The van der Waals surface area contributed by atoms with Crippen molar-refractivity contribution in [2.24, 2.45) is 5.92 Å². The van der Waals surface area contributed by atoms with E-state index in [1.165, 1.54) is 6.42 Å². The molecule has 4 rings (SSSR count). The van der Waals surface area contributed by atoms with Crippen LogP contribution in [0.1, 0.15) is 43.7 Å². The minimum absolute atomic E-state index is 0.743. The van der Waals surface area contributed by atoms with Gasteiger partial charge in [-0.3, -0.25) is 0 Å². The van der Waals surface area contributed by atoms with Gasteiger partial charge >= 0.3 is 0 Å². The summed E-state index contributed by atoms with van der Waals surface area (Å²) >= 11 is 0. The monoisotopic (exact) mass is 306 g/mol. The number of ether oxygens (including phenoxy) is 1. The number of aliphatic hydroxyl groups is 1. The fourth-order valence-electron chi connectivity index (χ4n) is 3.91. The molecule has 0 saturated heterocycles. The Labute approximate surface area is 137 Å². The largest absolute Gasteiger partial charge is 0.457 e. The van der Waals surface area contributed by atoms with Gasteiger partial charge in [-0.15, -0.1) is 0 Å². The van der Waals surface area contributed by atoms with Gasteiger partial charge in [0.25, 0.3) is 0 Å². The Hall–Kier alpha value is -2.06. The van der Waals surface area contributed by atoms with Crippen molar-refractivity contribution in [1.82, 2.24) is 0 Å². The zero-order valence-corrected chi connectivity index (χ0v) is 13.5. The molecule has 2 aromatic rings. The lowest BCUT2D eigenvalue weighted by atomic mass is 9.72. The fourth-order valence-corrected chi connectivity index (χ4v) is 3.91. The molecule has 1 aliphatic heterocycles. The highest BCUT2D eigenvalue weighted by Gasteiger charge is 2.43. The Morgan fingerprint density at radius 2 is 1.65 bits per heavy atom. The van der Waals surface area contributed by atoms with Crippen LogP contribution in [0.3, 0.4) is 0 Å². The molecule has 0 bridgehead atoms. The first kappa shape index (κ1) is 14.5. The third-order valence-corrected chi connectivity index (χ3v) is 5.34. The first-order valence-corrected chi connectivity index (χ1v) is 8.52. The predicted octanol–water partition coefficient (Wildman–Crippen LogP) is 5.16. The lowest BCUT2D eigenvalue weighted by Crippen LogP contribution is -2.34. The van der Waals surface area contributed by atoms with Crippen molar-refractivity contribution in [3.8, 4) is 11.5 Å². The molecule has 0 saturated carbocycles. The van der Waals surface area contributed by atoms with Crippen LogP contribution in [0.4, 0.5) is 0 Å². The summed E-state index contributed by atoms with van der Waals surface area (Å²) in [4.78, 5) is 0. The van der Waals surface area contributed by atoms with Gasteiger partial charge < -0.3 is 9.84 Å². The highest BCUT2D eigenvalue weighted by atomic mass is 16.5. The Bertz CT molecular complexity index is 714. The summed E-state index contributed by atoms with van der Waals surface area (Å²) in [6.07, 6.45) is 6.61. The second kappa shape index (κ2) is 5.54. The maximum atomic E-state index is 11.8. The molecule has 1 N–H and O–H groups in total. The van der Waals surface area contributed by atoms with Gasteiger partial charge in [-0.1, -0.05) is 55.8 Å². The molecule has 1 aliphatic carbocycles. The third kappa shape index (κ3) is 2.21. The molecule has 0 fully saturated rings. The highest BCUT2D eigenvalue weighted by molar-refractivity contribution is 5.60. The predicted molar refractivity (Wildman–Crippen MR) is 91.7 cm³/mol. The molecule has 2 aliphatic rings. The van der Waals surface area contributed by atoms with E-state index in [9.17, 15) is 5.11 Å². The summed E-state index contributed by atoms with van der Waals surface area (Å²) in [5.41, 5.74) is 1.77. The zero-order chi connectivity index (χ0) is 15.9. The minimum Gasteiger partial charge on any atom is -0.457 e. The summed E-state index contributed by atoms with van der Waals surface area (Å²) in [7, 11) is 0. The molecule has 0 amide bonds. The number of hydrogen-bond donors (Lipinski definition) is 1. The van der Waals surface area contributed by atoms with Gasteiger partial charge in [0.15, 0.2) is 0 Å². The van der Waals surface area contributed by atoms with Crippen LogP contribution in [-0.2, 0) is 5.60 Å². The van der Waals surface area contributed by atoms with Crippen molar-refractivity contribution >= 4 is 0 Å². The van der Waals surface area contributed by atoms with Crippen molar-refractivity contribution in [1.29, 1.82) is 0 Å². The topological polar surface area (TPSA) is 29.5 Å². The molecular formula is C21H22O2. The summed E-state index contributed by atoms with van der Waals surface area (Å²) in [6.45, 7) is 2.25. The van der Waals surface area contributed by atoms with E-state index in [0.717, 1.165) is 53.4 Å². The number of hydrogen-bond acceptors (Lipinski definition) is 2. The minimum atomic E-state index is -1.07. The average molecular weight is 306 g/mol. The fraction of sp³-hybridized carbons (Fsp3) is 0.333. The number of benzene rings is 2. The number of fused-ring (bicyclic) bond motifs is 2. The number of rotatable bonds is 2. The molecule has 1 atom stereocenters. The molecule has 0 spiro atoms. The maximum Gasteiger partial charge on any atom is 0.143 e. The average Bonchev–Trinajstić information content (AvgIpc) is 2.62. The van der Waals surface area contributed by atoms with E-state index in [1.807, 2.05) is 48.5 Å². The van der Waals surface area contributed by atoms with Crippen molar-refractivity contribution in [2.75, 3.05) is 0 Å². The quantitative estimate of drug-likeness (QED) is 0.776. The molecule has 2 nitrogen and oxygen atoms in total. The Kier molecular flexibility index (Phi) is 3.50. The van der Waals surface area contributed by atoms with Crippen LogP contribution >= 0.6 is 0 Å². The number of para-hydroxylation sites is 2. The summed E-state index contributed by atoms with van der Waals surface area (Å²) in [5.74, 6) is 2.26. The summed E-state index contributed by atoms with van der Waals surface area (Å²) in [5, 5.41) is 11.8. The van der Waals surface area contributed by atoms with Crippen LogP contribution in [0.25, 0.3) is 0 Å². The van der Waals surface area contributed by atoms with Crippen molar-refractivity contribution < 1.29 is 9.84 Å². The molecule has 1 unspecified atom stereocenters. The maximum absolute atomic E-state index is 11.8. The second-order valence-corrected chi connectivity index (χ2v) is 6.58. The smallest absolute Gasteiger partial charge is 0.143 e. The third-order valence-electron chi connectivity index (χ3n) is 5.34. The zero-order valence-electron chi connectivity index (χ0n) is 13.5. The van der Waals surface area contributed by atoms with E-state index in [-0.39, 0.29) is 0 Å². The van der Waals surface area contributed by atoms with Crippen LogP contribution in [0.15, 0.2) is 60.2 Å². The Balaban J connectivity index is 1.88. The highest BCUT2D eigenvalue weighted by Crippen LogP contribution is 2.52. The van der Waals surface area contributed by atoms with E-state index in [1.54, 1.807) is 0 Å². The second-order valence-electron chi connectivity index (χ2n) is 6.58. The first-order chi connectivity index (χ1) is 11.2. The summed E-state index contributed by atoms with van der Waals surface area (Å²) < 4.78 is 6.02. The van der Waals surface area contributed by atoms with Crippen molar-refractivity contribution in [3.63, 3.8) is 0 Å². The van der Waals surface area contributed by atoms with Crippen molar-refractivity contribution in [3.05, 3.63) is 71.3 Å². The van der Waals surface area contributed by atoms with Crippen LogP contribution in [0.5, 0.6) is 11.5 Å². The van der Waals surface area contributed by atoms with E-state index in [0.29, 0.717) is 0 Å². The SMILES string of the molecule is CCC1CC=C(C2(O)c3ccccc3Oc3ccccc32)CC1. The van der Waals surface area contributed by atoms with E-state index < -0.39 is 5.60 Å². The van der Waals surface area contributed by atoms with Gasteiger partial charge in [-0.2, -0.15) is 0 Å². The van der Waals surface area contributed by atoms with Gasteiger partial charge in [-0.25, -0.2) is 0 Å². The van der Waals surface area contributed by atoms with Gasteiger partial charge in [0.2, 0.25) is 0 Å². The molecular weight excluding hydrogens is 284 g/mol. The van der Waals surface area contributed by atoms with Gasteiger partial charge in [0, 0.05) is 11.1 Å². The van der Waals surface area contributed by atoms with Crippen LogP contribution in [-0.4, -0.2) is 5.11 Å². The molecule has 118 valence electrons. The van der Waals surface area contributed by atoms with Crippen molar-refractivity contribution in [2.45, 2.75) is 38.2 Å². The molecule has 2 heteroatoms. The molecule has 0 aromatic heterocycles. The first-order valence-electron chi connectivity index (χ1n) is 8.52. The molecule has 0 radical (unpaired) electrons. The number of allylic oxidation sites excluding steroid dienone is 1. The van der Waals surface area contributed by atoms with Gasteiger partial charge in [0.05, 0.1) is 0 Å². The molecule has 2 aromatic carbocycles. The van der Waals surface area contributed by atoms with E-state index in [4.69, 9.17) is 4.74 Å². The Morgan fingerprint density at radius 1 is 1.04 bits per heavy atom. The van der Waals surface area contributed by atoms with Gasteiger partial charge in [-0.05, 0) is 42.9 Å². The normalized spacial score (nSPS) is 21.7. The van der Waals surface area contributed by atoms with E-state index in [2.05, 4.69) is 13.0 Å². The van der Waals surface area contributed by atoms with E-state index >= 15 is 0 Å². The molecule has 1 heterocycles.